The maximum absolute atomic E-state index is 13.2. The topological polar surface area (TPSA) is 49.8 Å². The van der Waals surface area contributed by atoms with E-state index in [0.29, 0.717) is 6.54 Å². The largest absolute Gasteiger partial charge is 0.441 e. The average molecular weight is 284 g/mol. The minimum absolute atomic E-state index is 0.0380. The van der Waals surface area contributed by atoms with Crippen LogP contribution in [0.15, 0.2) is 6.20 Å². The van der Waals surface area contributed by atoms with Crippen molar-refractivity contribution < 1.29 is 17.6 Å². The highest BCUT2D eigenvalue weighted by atomic mass is 32.2. The van der Waals surface area contributed by atoms with E-state index >= 15 is 0 Å². The van der Waals surface area contributed by atoms with Gasteiger partial charge in [-0.2, -0.15) is 18.2 Å². The Kier molecular flexibility index (Phi) is 5.45. The summed E-state index contributed by atoms with van der Waals surface area (Å²) in [6.45, 7) is 2.35. The minimum atomic E-state index is -4.28. The normalized spacial score (nSPS) is 11.4. The summed E-state index contributed by atoms with van der Waals surface area (Å²) >= 11 is -0.171. The van der Waals surface area contributed by atoms with E-state index in [0.717, 1.165) is 6.20 Å². The van der Waals surface area contributed by atoms with Crippen molar-refractivity contribution >= 4 is 23.5 Å². The molecule has 0 unspecified atom stereocenters. The highest BCUT2D eigenvalue weighted by Gasteiger charge is 2.27. The first-order valence-corrected chi connectivity index (χ1v) is 6.12. The van der Waals surface area contributed by atoms with Gasteiger partial charge in [0.05, 0.1) is 6.20 Å². The molecule has 0 aliphatic rings. The molecule has 0 bridgehead atoms. The summed E-state index contributed by atoms with van der Waals surface area (Å²) < 4.78 is 48.8. The van der Waals surface area contributed by atoms with Crippen molar-refractivity contribution in [1.82, 2.24) is 9.97 Å². The fourth-order valence-corrected chi connectivity index (χ4v) is 1.51. The van der Waals surface area contributed by atoms with Crippen LogP contribution in [0, 0.1) is 5.82 Å². The van der Waals surface area contributed by atoms with Crippen LogP contribution < -0.4 is 10.6 Å². The first-order valence-electron chi connectivity index (χ1n) is 5.13. The Bertz CT molecular complexity index is 385. The molecular weight excluding hydrogens is 272 g/mol. The Balaban J connectivity index is 2.48. The van der Waals surface area contributed by atoms with Gasteiger partial charge in [0, 0.05) is 18.8 Å². The van der Waals surface area contributed by atoms with Crippen molar-refractivity contribution in [2.75, 3.05) is 29.5 Å². The lowest BCUT2D eigenvalue weighted by atomic mass is 10.5. The first kappa shape index (κ1) is 14.8. The molecule has 0 atom stereocenters. The zero-order valence-corrected chi connectivity index (χ0v) is 10.3. The number of nitrogens with zero attached hydrogens (tertiary/aromatic N) is 2. The molecule has 0 amide bonds. The van der Waals surface area contributed by atoms with Gasteiger partial charge in [0.1, 0.15) is 0 Å². The molecule has 1 rings (SSSR count). The summed E-state index contributed by atoms with van der Waals surface area (Å²) in [5, 5.41) is 5.27. The molecule has 0 saturated carbocycles. The van der Waals surface area contributed by atoms with Gasteiger partial charge >= 0.3 is 5.51 Å². The van der Waals surface area contributed by atoms with Crippen molar-refractivity contribution in [2.24, 2.45) is 0 Å². The zero-order valence-electron chi connectivity index (χ0n) is 9.51. The van der Waals surface area contributed by atoms with E-state index in [1.165, 1.54) is 0 Å². The van der Waals surface area contributed by atoms with Gasteiger partial charge in [-0.1, -0.05) is 0 Å². The Labute approximate surface area is 106 Å². The maximum Gasteiger partial charge on any atom is 0.441 e. The summed E-state index contributed by atoms with van der Waals surface area (Å²) in [5.41, 5.74) is -4.28. The third-order valence-electron chi connectivity index (χ3n) is 1.74. The number of nitrogens with one attached hydrogen (secondary N) is 2. The van der Waals surface area contributed by atoms with Crippen LogP contribution >= 0.6 is 11.8 Å². The number of anilines is 2. The van der Waals surface area contributed by atoms with Crippen molar-refractivity contribution in [1.29, 1.82) is 0 Å². The number of halogens is 4. The fraction of sp³-hybridized carbons (Fsp3) is 0.556. The van der Waals surface area contributed by atoms with Crippen LogP contribution in [0.5, 0.6) is 0 Å². The van der Waals surface area contributed by atoms with E-state index < -0.39 is 11.3 Å². The van der Waals surface area contributed by atoms with Crippen LogP contribution in [0.1, 0.15) is 6.92 Å². The number of rotatable bonds is 6. The van der Waals surface area contributed by atoms with Crippen LogP contribution in [0.4, 0.5) is 29.3 Å². The van der Waals surface area contributed by atoms with Crippen LogP contribution in [-0.4, -0.2) is 34.3 Å². The molecule has 1 heterocycles. The van der Waals surface area contributed by atoms with Gasteiger partial charge in [-0.3, -0.25) is 0 Å². The monoisotopic (exact) mass is 284 g/mol. The third kappa shape index (κ3) is 5.39. The molecule has 18 heavy (non-hydrogen) atoms. The molecule has 0 aliphatic heterocycles. The number of thioether (sulfide) groups is 1. The van der Waals surface area contributed by atoms with E-state index in [-0.39, 0.29) is 35.8 Å². The van der Waals surface area contributed by atoms with Gasteiger partial charge in [0.15, 0.2) is 11.6 Å². The highest BCUT2D eigenvalue weighted by molar-refractivity contribution is 8.00. The second kappa shape index (κ2) is 6.62. The molecule has 0 aromatic carbocycles. The fourth-order valence-electron chi connectivity index (χ4n) is 1.07. The SMILES string of the molecule is CCNc1ncc(F)c(NCCSC(F)(F)F)n1. The molecule has 2 N–H and O–H groups in total. The lowest BCUT2D eigenvalue weighted by molar-refractivity contribution is -0.0327. The summed E-state index contributed by atoms with van der Waals surface area (Å²) in [5.74, 6) is -0.800. The van der Waals surface area contributed by atoms with E-state index in [4.69, 9.17) is 0 Å². The second-order valence-corrected chi connectivity index (χ2v) is 4.30. The van der Waals surface area contributed by atoms with Gasteiger partial charge in [-0.15, -0.1) is 0 Å². The van der Waals surface area contributed by atoms with Crippen molar-refractivity contribution in [3.05, 3.63) is 12.0 Å². The molecule has 102 valence electrons. The summed E-state index contributed by atoms with van der Waals surface area (Å²) in [4.78, 5) is 7.47. The van der Waals surface area contributed by atoms with Crippen LogP contribution in [-0.2, 0) is 0 Å². The number of hydrogen-bond donors (Lipinski definition) is 2. The molecule has 0 radical (unpaired) electrons. The molecule has 0 aliphatic carbocycles. The highest BCUT2D eigenvalue weighted by Crippen LogP contribution is 2.29. The molecule has 1 aromatic heterocycles. The lowest BCUT2D eigenvalue weighted by Gasteiger charge is -2.09. The van der Waals surface area contributed by atoms with Gasteiger partial charge < -0.3 is 10.6 Å². The molecule has 0 saturated heterocycles. The first-order chi connectivity index (χ1) is 8.42. The number of alkyl halides is 3. The smallest absolute Gasteiger partial charge is 0.367 e. The minimum Gasteiger partial charge on any atom is -0.367 e. The van der Waals surface area contributed by atoms with Gasteiger partial charge in [-0.25, -0.2) is 9.37 Å². The molecule has 1 aromatic rings. The van der Waals surface area contributed by atoms with E-state index in [2.05, 4.69) is 20.6 Å². The average Bonchev–Trinajstić information content (AvgIpc) is 2.27. The van der Waals surface area contributed by atoms with Crippen LogP contribution in [0.2, 0.25) is 0 Å². The van der Waals surface area contributed by atoms with Gasteiger partial charge in [-0.05, 0) is 18.7 Å². The second-order valence-electron chi connectivity index (χ2n) is 3.14. The Morgan fingerprint density at radius 3 is 2.67 bits per heavy atom. The predicted molar refractivity (Wildman–Crippen MR) is 63.2 cm³/mol. The standard InChI is InChI=1S/C9H12F4N4S/c1-2-14-8-16-5-6(10)7(17-8)15-3-4-18-9(11,12)13/h5H,2-4H2,1H3,(H2,14,15,16,17). The quantitative estimate of drug-likeness (QED) is 0.621. The lowest BCUT2D eigenvalue weighted by Crippen LogP contribution is -2.12. The van der Waals surface area contributed by atoms with E-state index in [1.54, 1.807) is 0 Å². The number of hydrogen-bond acceptors (Lipinski definition) is 5. The molecule has 0 fully saturated rings. The molecular formula is C9H12F4N4S. The van der Waals surface area contributed by atoms with Gasteiger partial charge in [0.25, 0.3) is 0 Å². The van der Waals surface area contributed by atoms with Gasteiger partial charge in [0.2, 0.25) is 5.95 Å². The summed E-state index contributed by atoms with van der Waals surface area (Å²) in [6.07, 6.45) is 0.963. The van der Waals surface area contributed by atoms with Crippen molar-refractivity contribution in [2.45, 2.75) is 12.4 Å². The van der Waals surface area contributed by atoms with Crippen molar-refractivity contribution in [3.63, 3.8) is 0 Å². The zero-order chi connectivity index (χ0) is 13.6. The van der Waals surface area contributed by atoms with E-state index in [9.17, 15) is 17.6 Å². The Morgan fingerprint density at radius 1 is 1.33 bits per heavy atom. The van der Waals surface area contributed by atoms with Crippen LogP contribution in [0.3, 0.4) is 0 Å². The Morgan fingerprint density at radius 2 is 2.06 bits per heavy atom. The third-order valence-corrected chi connectivity index (χ3v) is 2.47. The Hall–Kier alpha value is -1.25. The molecule has 4 nitrogen and oxygen atoms in total. The summed E-state index contributed by atoms with van der Waals surface area (Å²) in [6, 6.07) is 0. The molecule has 9 heteroatoms. The maximum atomic E-state index is 13.2. The summed E-state index contributed by atoms with van der Waals surface area (Å²) in [7, 11) is 0. The van der Waals surface area contributed by atoms with E-state index in [1.807, 2.05) is 6.92 Å². The number of aromatic nitrogens is 2. The van der Waals surface area contributed by atoms with Crippen molar-refractivity contribution in [3.8, 4) is 0 Å². The van der Waals surface area contributed by atoms with Crippen LogP contribution in [0.25, 0.3) is 0 Å². The predicted octanol–water partition coefficient (Wildman–Crippen LogP) is 2.71. The molecule has 0 spiro atoms.